The van der Waals surface area contributed by atoms with Gasteiger partial charge in [0, 0.05) is 0 Å². The number of ether oxygens (including phenoxy) is 1. The van der Waals surface area contributed by atoms with E-state index in [9.17, 15) is 9.50 Å². The standard InChI is InChI=1S/C14H13FO2/c1-9-3-5-11(15)8-12(9)10-4-6-13(16)14(7-10)17-2/h3-8,16H,1-2H3. The maximum atomic E-state index is 13.2. The van der Waals surface area contributed by atoms with Crippen molar-refractivity contribution in [2.75, 3.05) is 7.11 Å². The topological polar surface area (TPSA) is 29.5 Å². The van der Waals surface area contributed by atoms with Crippen molar-refractivity contribution in [1.82, 2.24) is 0 Å². The highest BCUT2D eigenvalue weighted by molar-refractivity contribution is 5.70. The number of hydrogen-bond acceptors (Lipinski definition) is 2. The van der Waals surface area contributed by atoms with E-state index in [1.165, 1.54) is 19.2 Å². The van der Waals surface area contributed by atoms with Crippen LogP contribution in [0.2, 0.25) is 0 Å². The average molecular weight is 232 g/mol. The summed E-state index contributed by atoms with van der Waals surface area (Å²) < 4.78 is 18.2. The highest BCUT2D eigenvalue weighted by Gasteiger charge is 2.07. The Balaban J connectivity index is 2.56. The van der Waals surface area contributed by atoms with Crippen LogP contribution in [0.5, 0.6) is 11.5 Å². The Morgan fingerprint density at radius 3 is 2.59 bits per heavy atom. The van der Waals surface area contributed by atoms with Crippen LogP contribution in [0, 0.1) is 12.7 Å². The van der Waals surface area contributed by atoms with Gasteiger partial charge < -0.3 is 9.84 Å². The summed E-state index contributed by atoms with van der Waals surface area (Å²) in [6.45, 7) is 1.91. The zero-order valence-corrected chi connectivity index (χ0v) is 9.70. The van der Waals surface area contributed by atoms with E-state index < -0.39 is 0 Å². The number of aromatic hydroxyl groups is 1. The normalized spacial score (nSPS) is 10.3. The summed E-state index contributed by atoms with van der Waals surface area (Å²) in [5, 5.41) is 9.51. The second kappa shape index (κ2) is 4.45. The average Bonchev–Trinajstić information content (AvgIpc) is 2.33. The van der Waals surface area contributed by atoms with Gasteiger partial charge >= 0.3 is 0 Å². The second-order valence-electron chi connectivity index (χ2n) is 3.85. The van der Waals surface area contributed by atoms with Gasteiger partial charge in [0.15, 0.2) is 11.5 Å². The van der Waals surface area contributed by atoms with Gasteiger partial charge in [-0.1, -0.05) is 12.1 Å². The molecule has 88 valence electrons. The minimum atomic E-state index is -0.280. The van der Waals surface area contributed by atoms with Crippen LogP contribution in [0.15, 0.2) is 36.4 Å². The van der Waals surface area contributed by atoms with Crippen molar-refractivity contribution in [3.63, 3.8) is 0 Å². The molecule has 0 atom stereocenters. The van der Waals surface area contributed by atoms with Crippen molar-refractivity contribution >= 4 is 0 Å². The smallest absolute Gasteiger partial charge is 0.161 e. The monoisotopic (exact) mass is 232 g/mol. The molecule has 0 amide bonds. The van der Waals surface area contributed by atoms with Crippen molar-refractivity contribution in [3.05, 3.63) is 47.8 Å². The van der Waals surface area contributed by atoms with Crippen LogP contribution >= 0.6 is 0 Å². The van der Waals surface area contributed by atoms with Crippen molar-refractivity contribution in [3.8, 4) is 22.6 Å². The van der Waals surface area contributed by atoms with Gasteiger partial charge in [-0.25, -0.2) is 4.39 Å². The van der Waals surface area contributed by atoms with Gasteiger partial charge in [0.1, 0.15) is 5.82 Å². The minimum absolute atomic E-state index is 0.0744. The SMILES string of the molecule is COc1cc(-c2cc(F)ccc2C)ccc1O. The predicted octanol–water partition coefficient (Wildman–Crippen LogP) is 3.52. The van der Waals surface area contributed by atoms with Crippen LogP contribution in [0.3, 0.4) is 0 Å². The number of halogens is 1. The fourth-order valence-electron chi connectivity index (χ4n) is 1.75. The van der Waals surface area contributed by atoms with Crippen molar-refractivity contribution < 1.29 is 14.2 Å². The number of methoxy groups -OCH3 is 1. The first-order chi connectivity index (χ1) is 8.11. The van der Waals surface area contributed by atoms with E-state index in [4.69, 9.17) is 4.74 Å². The van der Waals surface area contributed by atoms with E-state index in [2.05, 4.69) is 0 Å². The number of phenols is 1. The number of phenolic OH excluding ortho intramolecular Hbond substituents is 1. The lowest BCUT2D eigenvalue weighted by Gasteiger charge is -2.09. The third-order valence-electron chi connectivity index (χ3n) is 2.69. The van der Waals surface area contributed by atoms with Gasteiger partial charge in [0.05, 0.1) is 7.11 Å². The van der Waals surface area contributed by atoms with Gasteiger partial charge in [0.2, 0.25) is 0 Å². The van der Waals surface area contributed by atoms with Crippen molar-refractivity contribution in [1.29, 1.82) is 0 Å². The van der Waals surface area contributed by atoms with Gasteiger partial charge in [-0.05, 0) is 47.9 Å². The molecule has 0 aliphatic rings. The number of rotatable bonds is 2. The molecule has 0 unspecified atom stereocenters. The molecule has 0 fully saturated rings. The molecule has 2 aromatic carbocycles. The summed E-state index contributed by atoms with van der Waals surface area (Å²) in [5.41, 5.74) is 2.58. The molecule has 2 aromatic rings. The van der Waals surface area contributed by atoms with E-state index in [0.29, 0.717) is 5.75 Å². The van der Waals surface area contributed by atoms with Crippen molar-refractivity contribution in [2.24, 2.45) is 0 Å². The Morgan fingerprint density at radius 1 is 1.12 bits per heavy atom. The molecular formula is C14H13FO2. The molecule has 0 saturated carbocycles. The molecule has 0 spiro atoms. The summed E-state index contributed by atoms with van der Waals surface area (Å²) >= 11 is 0. The van der Waals surface area contributed by atoms with E-state index in [-0.39, 0.29) is 11.6 Å². The largest absolute Gasteiger partial charge is 0.504 e. The summed E-state index contributed by atoms with van der Waals surface area (Å²) in [6.07, 6.45) is 0. The Labute approximate surface area is 99.3 Å². The van der Waals surface area contributed by atoms with E-state index in [0.717, 1.165) is 16.7 Å². The van der Waals surface area contributed by atoms with Crippen LogP contribution in [-0.2, 0) is 0 Å². The lowest BCUT2D eigenvalue weighted by molar-refractivity contribution is 0.373. The molecular weight excluding hydrogens is 219 g/mol. The quantitative estimate of drug-likeness (QED) is 0.858. The number of aryl methyl sites for hydroxylation is 1. The summed E-state index contributed by atoms with van der Waals surface area (Å²) in [4.78, 5) is 0. The van der Waals surface area contributed by atoms with Gasteiger partial charge in [-0.2, -0.15) is 0 Å². The first-order valence-corrected chi connectivity index (χ1v) is 5.25. The van der Waals surface area contributed by atoms with E-state index in [1.54, 1.807) is 24.3 Å². The molecule has 0 saturated heterocycles. The minimum Gasteiger partial charge on any atom is -0.504 e. The highest BCUT2D eigenvalue weighted by atomic mass is 19.1. The third kappa shape index (κ3) is 2.23. The number of hydrogen-bond donors (Lipinski definition) is 1. The first kappa shape index (κ1) is 11.5. The molecule has 0 bridgehead atoms. The Morgan fingerprint density at radius 2 is 1.88 bits per heavy atom. The van der Waals surface area contributed by atoms with Crippen molar-refractivity contribution in [2.45, 2.75) is 6.92 Å². The van der Waals surface area contributed by atoms with Gasteiger partial charge in [0.25, 0.3) is 0 Å². The van der Waals surface area contributed by atoms with Crippen LogP contribution in [0.4, 0.5) is 4.39 Å². The molecule has 1 N–H and O–H groups in total. The van der Waals surface area contributed by atoms with Crippen LogP contribution < -0.4 is 4.74 Å². The highest BCUT2D eigenvalue weighted by Crippen LogP contribution is 2.32. The maximum Gasteiger partial charge on any atom is 0.161 e. The fraction of sp³-hybridized carbons (Fsp3) is 0.143. The summed E-state index contributed by atoms with van der Waals surface area (Å²) in [7, 11) is 1.48. The first-order valence-electron chi connectivity index (χ1n) is 5.25. The molecule has 0 aliphatic heterocycles. The molecule has 17 heavy (non-hydrogen) atoms. The molecule has 0 aliphatic carbocycles. The molecule has 0 heterocycles. The third-order valence-corrected chi connectivity index (χ3v) is 2.69. The lowest BCUT2D eigenvalue weighted by Crippen LogP contribution is -1.88. The van der Waals surface area contributed by atoms with E-state index in [1.807, 2.05) is 6.92 Å². The second-order valence-corrected chi connectivity index (χ2v) is 3.85. The molecule has 0 aromatic heterocycles. The van der Waals surface area contributed by atoms with Gasteiger partial charge in [-0.15, -0.1) is 0 Å². The van der Waals surface area contributed by atoms with Crippen LogP contribution in [0.1, 0.15) is 5.56 Å². The molecule has 0 radical (unpaired) electrons. The van der Waals surface area contributed by atoms with Gasteiger partial charge in [-0.3, -0.25) is 0 Å². The maximum absolute atomic E-state index is 13.2. The lowest BCUT2D eigenvalue weighted by atomic mass is 10.00. The molecule has 2 nitrogen and oxygen atoms in total. The number of benzene rings is 2. The Bertz CT molecular complexity index is 550. The fourth-order valence-corrected chi connectivity index (χ4v) is 1.75. The van der Waals surface area contributed by atoms with Crippen LogP contribution in [0.25, 0.3) is 11.1 Å². The van der Waals surface area contributed by atoms with Crippen LogP contribution in [-0.4, -0.2) is 12.2 Å². The molecule has 3 heteroatoms. The zero-order valence-electron chi connectivity index (χ0n) is 9.70. The zero-order chi connectivity index (χ0) is 12.4. The molecule has 2 rings (SSSR count). The summed E-state index contributed by atoms with van der Waals surface area (Å²) in [6, 6.07) is 9.59. The van der Waals surface area contributed by atoms with E-state index >= 15 is 0 Å². The Kier molecular flexibility index (Phi) is 3.00. The summed E-state index contributed by atoms with van der Waals surface area (Å²) in [5.74, 6) is 0.175. The Hall–Kier alpha value is -2.03. The predicted molar refractivity (Wildman–Crippen MR) is 64.8 cm³/mol.